The summed E-state index contributed by atoms with van der Waals surface area (Å²) in [6.07, 6.45) is -1.95. The number of benzene rings is 1. The second kappa shape index (κ2) is 10.4. The Balaban J connectivity index is 1.60. The highest BCUT2D eigenvalue weighted by atomic mass is 19.4. The highest BCUT2D eigenvalue weighted by Crippen LogP contribution is 2.29. The fourth-order valence-corrected chi connectivity index (χ4v) is 3.29. The molecule has 8 nitrogen and oxygen atoms in total. The molecule has 11 heteroatoms. The first-order chi connectivity index (χ1) is 16.1. The van der Waals surface area contributed by atoms with Gasteiger partial charge in [-0.1, -0.05) is 19.9 Å². The third kappa shape index (κ3) is 5.91. The molecular formula is C23H24F3N5O3. The van der Waals surface area contributed by atoms with Crippen LogP contribution >= 0.6 is 0 Å². The summed E-state index contributed by atoms with van der Waals surface area (Å²) < 4.78 is 39.8. The van der Waals surface area contributed by atoms with Crippen LogP contribution in [0.25, 0.3) is 5.82 Å². The Morgan fingerprint density at radius 3 is 2.35 bits per heavy atom. The van der Waals surface area contributed by atoms with E-state index in [4.69, 9.17) is 0 Å². The third-order valence-electron chi connectivity index (χ3n) is 4.92. The molecule has 0 saturated carbocycles. The molecule has 0 aliphatic carbocycles. The predicted molar refractivity (Wildman–Crippen MR) is 118 cm³/mol. The van der Waals surface area contributed by atoms with Crippen molar-refractivity contribution in [1.82, 2.24) is 25.4 Å². The number of nitrogens with zero attached hydrogens (tertiary/aromatic N) is 3. The zero-order valence-electron chi connectivity index (χ0n) is 18.6. The van der Waals surface area contributed by atoms with Gasteiger partial charge in [-0.25, -0.2) is 9.67 Å². The zero-order valence-corrected chi connectivity index (χ0v) is 18.6. The number of halogens is 3. The first-order valence-electron chi connectivity index (χ1n) is 10.5. The van der Waals surface area contributed by atoms with Crippen molar-refractivity contribution in [3.05, 3.63) is 71.2 Å². The van der Waals surface area contributed by atoms with Crippen LogP contribution in [0.3, 0.4) is 0 Å². The van der Waals surface area contributed by atoms with Gasteiger partial charge in [0.1, 0.15) is 5.75 Å². The van der Waals surface area contributed by atoms with E-state index in [0.717, 1.165) is 12.3 Å². The normalized spacial score (nSPS) is 11.5. The maximum absolute atomic E-state index is 12.8. The van der Waals surface area contributed by atoms with E-state index >= 15 is 0 Å². The number of alkyl halides is 3. The Hall–Kier alpha value is -3.89. The lowest BCUT2D eigenvalue weighted by Gasteiger charge is -2.13. The smallest absolute Gasteiger partial charge is 0.417 e. The van der Waals surface area contributed by atoms with Crippen LogP contribution in [0.2, 0.25) is 0 Å². The van der Waals surface area contributed by atoms with Gasteiger partial charge in [0.05, 0.1) is 23.0 Å². The van der Waals surface area contributed by atoms with Crippen LogP contribution in [0.1, 0.15) is 58.2 Å². The summed E-state index contributed by atoms with van der Waals surface area (Å²) in [6, 6.07) is 8.09. The molecule has 180 valence electrons. The lowest BCUT2D eigenvalue weighted by Crippen LogP contribution is -2.30. The first-order valence-corrected chi connectivity index (χ1v) is 10.5. The van der Waals surface area contributed by atoms with Gasteiger partial charge in [-0.15, -0.1) is 0 Å². The molecule has 0 atom stereocenters. The molecule has 0 spiro atoms. The number of hydrogen-bond acceptors (Lipinski definition) is 5. The minimum Gasteiger partial charge on any atom is -0.508 e. The average Bonchev–Trinajstić information content (AvgIpc) is 3.24. The fourth-order valence-electron chi connectivity index (χ4n) is 3.29. The van der Waals surface area contributed by atoms with E-state index in [-0.39, 0.29) is 35.8 Å². The molecule has 0 unspecified atom stereocenters. The number of aromatic hydroxyl groups is 1. The molecule has 0 fully saturated rings. The molecule has 3 rings (SSSR count). The predicted octanol–water partition coefficient (Wildman–Crippen LogP) is 3.67. The van der Waals surface area contributed by atoms with Gasteiger partial charge in [0.25, 0.3) is 11.8 Å². The van der Waals surface area contributed by atoms with Crippen molar-refractivity contribution in [3.8, 4) is 11.6 Å². The maximum Gasteiger partial charge on any atom is 0.417 e. The summed E-state index contributed by atoms with van der Waals surface area (Å²) in [5, 5.41) is 19.1. The topological polar surface area (TPSA) is 109 Å². The van der Waals surface area contributed by atoms with Crippen LogP contribution in [-0.4, -0.2) is 44.8 Å². The van der Waals surface area contributed by atoms with Gasteiger partial charge in [-0.2, -0.15) is 18.3 Å². The third-order valence-corrected chi connectivity index (χ3v) is 4.92. The number of amides is 2. The second-order valence-electron chi connectivity index (χ2n) is 7.83. The first kappa shape index (κ1) is 24.7. The van der Waals surface area contributed by atoms with Crippen molar-refractivity contribution >= 4 is 11.8 Å². The van der Waals surface area contributed by atoms with Crippen LogP contribution in [-0.2, 0) is 6.18 Å². The van der Waals surface area contributed by atoms with Gasteiger partial charge < -0.3 is 15.7 Å². The minimum atomic E-state index is -4.50. The van der Waals surface area contributed by atoms with E-state index in [2.05, 4.69) is 20.7 Å². The number of carbonyl (C=O) groups excluding carboxylic acids is 2. The number of aromatic nitrogens is 3. The number of pyridine rings is 1. The van der Waals surface area contributed by atoms with E-state index in [1.807, 2.05) is 13.8 Å². The van der Waals surface area contributed by atoms with E-state index in [1.165, 1.54) is 29.1 Å². The average molecular weight is 475 g/mol. The standard InChI is InChI=1S/C23H24F3N5O3/c1-14(2)20-18(13-30-31(20)19-8-7-16(12-29-19)23(24,25)26)22(34)28-10-4-9-27-21(33)15-5-3-6-17(32)11-15/h3,5-8,11-14,32H,4,9-10H2,1-2H3,(H,27,33)(H,28,34). The van der Waals surface area contributed by atoms with Crippen LogP contribution < -0.4 is 10.6 Å². The van der Waals surface area contributed by atoms with Crippen molar-refractivity contribution in [3.63, 3.8) is 0 Å². The molecule has 0 aliphatic heterocycles. The Kier molecular flexibility index (Phi) is 7.54. The summed E-state index contributed by atoms with van der Waals surface area (Å²) in [5.74, 6) is -0.719. The molecule has 34 heavy (non-hydrogen) atoms. The van der Waals surface area contributed by atoms with Crippen molar-refractivity contribution in [1.29, 1.82) is 0 Å². The second-order valence-corrected chi connectivity index (χ2v) is 7.83. The van der Waals surface area contributed by atoms with Crippen LogP contribution in [0.15, 0.2) is 48.8 Å². The molecule has 3 aromatic rings. The summed E-state index contributed by atoms with van der Waals surface area (Å²) in [7, 11) is 0. The molecular weight excluding hydrogens is 451 g/mol. The van der Waals surface area contributed by atoms with Gasteiger partial charge in [0.15, 0.2) is 5.82 Å². The molecule has 0 saturated heterocycles. The van der Waals surface area contributed by atoms with Gasteiger partial charge in [-0.3, -0.25) is 9.59 Å². The highest BCUT2D eigenvalue weighted by Gasteiger charge is 2.31. The lowest BCUT2D eigenvalue weighted by molar-refractivity contribution is -0.137. The molecule has 2 amide bonds. The van der Waals surface area contributed by atoms with Crippen molar-refractivity contribution in [2.24, 2.45) is 0 Å². The fraction of sp³-hybridized carbons (Fsp3) is 0.304. The Morgan fingerprint density at radius 1 is 1.06 bits per heavy atom. The largest absolute Gasteiger partial charge is 0.508 e. The van der Waals surface area contributed by atoms with E-state index in [1.54, 1.807) is 12.1 Å². The van der Waals surface area contributed by atoms with Crippen molar-refractivity contribution < 1.29 is 27.9 Å². The van der Waals surface area contributed by atoms with E-state index < -0.39 is 11.7 Å². The van der Waals surface area contributed by atoms with Crippen molar-refractivity contribution in [2.75, 3.05) is 13.1 Å². The Bertz CT molecular complexity index is 1160. The molecule has 3 N–H and O–H groups in total. The van der Waals surface area contributed by atoms with Crippen LogP contribution in [0, 0.1) is 0 Å². The van der Waals surface area contributed by atoms with Crippen LogP contribution in [0.5, 0.6) is 5.75 Å². The molecule has 1 aromatic carbocycles. The van der Waals surface area contributed by atoms with Gasteiger partial charge >= 0.3 is 6.18 Å². The van der Waals surface area contributed by atoms with Gasteiger partial charge in [0.2, 0.25) is 0 Å². The monoisotopic (exact) mass is 475 g/mol. The number of rotatable bonds is 8. The molecule has 0 aliphatic rings. The number of nitrogens with one attached hydrogen (secondary N) is 2. The zero-order chi connectivity index (χ0) is 24.9. The quantitative estimate of drug-likeness (QED) is 0.431. The number of hydrogen-bond donors (Lipinski definition) is 3. The Labute approximate surface area is 193 Å². The molecule has 2 aromatic heterocycles. The molecule has 0 radical (unpaired) electrons. The van der Waals surface area contributed by atoms with Crippen LogP contribution in [0.4, 0.5) is 13.2 Å². The molecule has 2 heterocycles. The molecule has 0 bridgehead atoms. The summed E-state index contributed by atoms with van der Waals surface area (Å²) in [5.41, 5.74) is 0.265. The summed E-state index contributed by atoms with van der Waals surface area (Å²) >= 11 is 0. The SMILES string of the molecule is CC(C)c1c(C(=O)NCCCNC(=O)c2cccc(O)c2)cnn1-c1ccc(C(F)(F)F)cn1. The Morgan fingerprint density at radius 2 is 1.76 bits per heavy atom. The summed E-state index contributed by atoms with van der Waals surface area (Å²) in [6.45, 7) is 4.26. The highest BCUT2D eigenvalue weighted by molar-refractivity contribution is 5.95. The number of phenols is 1. The van der Waals surface area contributed by atoms with E-state index in [0.29, 0.717) is 29.8 Å². The van der Waals surface area contributed by atoms with Crippen molar-refractivity contribution in [2.45, 2.75) is 32.4 Å². The minimum absolute atomic E-state index is 0.00656. The lowest BCUT2D eigenvalue weighted by atomic mass is 10.1. The number of phenolic OH excluding ortho intramolecular Hbond substituents is 1. The number of carbonyl (C=O) groups is 2. The van der Waals surface area contributed by atoms with E-state index in [9.17, 15) is 27.9 Å². The van der Waals surface area contributed by atoms with Gasteiger partial charge in [0, 0.05) is 24.8 Å². The summed E-state index contributed by atoms with van der Waals surface area (Å²) in [4.78, 5) is 28.6. The maximum atomic E-state index is 12.8. The van der Waals surface area contributed by atoms with Gasteiger partial charge in [-0.05, 0) is 42.7 Å².